The average Bonchev–Trinajstić information content (AvgIpc) is 2.47. The molecule has 0 radical (unpaired) electrons. The number of piperazine rings is 1. The number of aryl methyl sites for hydroxylation is 1. The molecule has 1 saturated heterocycles. The Hall–Kier alpha value is -0.370. The summed E-state index contributed by atoms with van der Waals surface area (Å²) in [7, 11) is 0. The average molecular weight is 424 g/mol. The molecule has 4 nitrogen and oxygen atoms in total. The summed E-state index contributed by atoms with van der Waals surface area (Å²) in [6.45, 7) is 8.20. The molecule has 1 aliphatic heterocycles. The summed E-state index contributed by atoms with van der Waals surface area (Å²) in [5.74, 6) is 0.0402. The summed E-state index contributed by atoms with van der Waals surface area (Å²) in [6.07, 6.45) is 1.01. The van der Waals surface area contributed by atoms with Crippen LogP contribution in [0.15, 0.2) is 18.2 Å². The highest BCUT2D eigenvalue weighted by atomic mass is 127. The first-order chi connectivity index (χ1) is 9.66. The van der Waals surface area contributed by atoms with Crippen LogP contribution in [0.2, 0.25) is 0 Å². The molecule has 1 aromatic rings. The van der Waals surface area contributed by atoms with E-state index in [1.807, 2.05) is 25.1 Å². The molecule has 6 heteroatoms. The molecule has 0 aromatic heterocycles. The number of carbonyl (C=O) groups excluding carboxylic acids is 1. The van der Waals surface area contributed by atoms with Crippen LogP contribution in [0.3, 0.4) is 0 Å². The summed E-state index contributed by atoms with van der Waals surface area (Å²) >= 11 is 2.21. The van der Waals surface area contributed by atoms with Crippen LogP contribution < -0.4 is 10.6 Å². The molecule has 1 heterocycles. The van der Waals surface area contributed by atoms with Crippen LogP contribution in [0.1, 0.15) is 22.3 Å². The van der Waals surface area contributed by atoms with Crippen molar-refractivity contribution in [1.82, 2.24) is 15.5 Å². The first-order valence-corrected chi connectivity index (χ1v) is 8.22. The van der Waals surface area contributed by atoms with Crippen molar-refractivity contribution in [3.8, 4) is 0 Å². The zero-order chi connectivity index (χ0) is 14.4. The zero-order valence-corrected chi connectivity index (χ0v) is 15.3. The van der Waals surface area contributed by atoms with E-state index in [0.29, 0.717) is 0 Å². The summed E-state index contributed by atoms with van der Waals surface area (Å²) in [5.41, 5.74) is 1.91. The molecule has 0 spiro atoms. The lowest BCUT2D eigenvalue weighted by Crippen LogP contribution is -2.44. The van der Waals surface area contributed by atoms with Crippen LogP contribution in [0.25, 0.3) is 0 Å². The first kappa shape index (κ1) is 18.7. The molecule has 1 aliphatic rings. The zero-order valence-electron chi connectivity index (χ0n) is 12.3. The third kappa shape index (κ3) is 6.10. The van der Waals surface area contributed by atoms with E-state index in [1.54, 1.807) is 0 Å². The molecule has 1 fully saturated rings. The molecule has 2 N–H and O–H groups in total. The Labute approximate surface area is 146 Å². The normalized spacial score (nSPS) is 15.3. The van der Waals surface area contributed by atoms with Gasteiger partial charge in [-0.1, -0.05) is 11.6 Å². The van der Waals surface area contributed by atoms with Gasteiger partial charge in [0.2, 0.25) is 0 Å². The minimum absolute atomic E-state index is 0. The summed E-state index contributed by atoms with van der Waals surface area (Å²) < 4.78 is 1.01. The van der Waals surface area contributed by atoms with Gasteiger partial charge >= 0.3 is 0 Å². The Kier molecular flexibility index (Phi) is 8.55. The van der Waals surface area contributed by atoms with Crippen molar-refractivity contribution in [2.24, 2.45) is 0 Å². The predicted octanol–water partition coefficient (Wildman–Crippen LogP) is 2.05. The van der Waals surface area contributed by atoms with Gasteiger partial charge in [0.25, 0.3) is 5.91 Å². The standard InChI is InChI=1S/C15H22IN3O.ClH/c1-12-3-4-14(16)13(11-12)15(20)18-5-2-8-19-9-6-17-7-10-19;/h3-4,11,17H,2,5-10H2,1H3,(H,18,20);1H. The number of halogens is 2. The fourth-order valence-corrected chi connectivity index (χ4v) is 2.93. The second-order valence-electron chi connectivity index (χ2n) is 5.18. The van der Waals surface area contributed by atoms with Gasteiger partial charge in [0, 0.05) is 36.3 Å². The lowest BCUT2D eigenvalue weighted by Gasteiger charge is -2.27. The smallest absolute Gasteiger partial charge is 0.252 e. The SMILES string of the molecule is Cc1ccc(I)c(C(=O)NCCCN2CCNCC2)c1.Cl. The highest BCUT2D eigenvalue weighted by Crippen LogP contribution is 2.13. The Morgan fingerprint density at radius 2 is 2.10 bits per heavy atom. The Bertz CT molecular complexity index is 464. The van der Waals surface area contributed by atoms with E-state index in [2.05, 4.69) is 38.1 Å². The molecule has 0 saturated carbocycles. The van der Waals surface area contributed by atoms with Crippen LogP contribution in [-0.4, -0.2) is 50.1 Å². The highest BCUT2D eigenvalue weighted by Gasteiger charge is 2.11. The van der Waals surface area contributed by atoms with Crippen molar-refractivity contribution in [3.63, 3.8) is 0 Å². The van der Waals surface area contributed by atoms with Crippen molar-refractivity contribution in [3.05, 3.63) is 32.9 Å². The van der Waals surface area contributed by atoms with Gasteiger partial charge in [-0.2, -0.15) is 0 Å². The lowest BCUT2D eigenvalue weighted by molar-refractivity contribution is 0.0950. The Morgan fingerprint density at radius 3 is 2.81 bits per heavy atom. The van der Waals surface area contributed by atoms with Crippen LogP contribution >= 0.6 is 35.0 Å². The highest BCUT2D eigenvalue weighted by molar-refractivity contribution is 14.1. The lowest BCUT2D eigenvalue weighted by atomic mass is 10.1. The number of rotatable bonds is 5. The van der Waals surface area contributed by atoms with Gasteiger partial charge in [0.15, 0.2) is 0 Å². The van der Waals surface area contributed by atoms with Gasteiger partial charge in [-0.3, -0.25) is 4.79 Å². The van der Waals surface area contributed by atoms with Gasteiger partial charge in [0.05, 0.1) is 5.56 Å². The fraction of sp³-hybridized carbons (Fsp3) is 0.533. The monoisotopic (exact) mass is 423 g/mol. The maximum Gasteiger partial charge on any atom is 0.252 e. The molecule has 0 bridgehead atoms. The van der Waals surface area contributed by atoms with E-state index in [0.717, 1.165) is 60.4 Å². The fourth-order valence-electron chi connectivity index (χ4n) is 2.35. The number of carbonyl (C=O) groups is 1. The maximum atomic E-state index is 12.1. The van der Waals surface area contributed by atoms with Crippen LogP contribution in [0, 0.1) is 10.5 Å². The van der Waals surface area contributed by atoms with Gasteiger partial charge < -0.3 is 15.5 Å². The quantitative estimate of drug-likeness (QED) is 0.563. The van der Waals surface area contributed by atoms with Gasteiger partial charge in [0.1, 0.15) is 0 Å². The first-order valence-electron chi connectivity index (χ1n) is 7.14. The van der Waals surface area contributed by atoms with Crippen molar-refractivity contribution >= 4 is 40.9 Å². The molecule has 1 amide bonds. The second-order valence-corrected chi connectivity index (χ2v) is 6.35. The molecule has 2 rings (SSSR count). The van der Waals surface area contributed by atoms with Gasteiger partial charge in [-0.25, -0.2) is 0 Å². The van der Waals surface area contributed by atoms with E-state index in [4.69, 9.17) is 0 Å². The Morgan fingerprint density at radius 1 is 1.38 bits per heavy atom. The molecule has 21 heavy (non-hydrogen) atoms. The van der Waals surface area contributed by atoms with Crippen LogP contribution in [0.5, 0.6) is 0 Å². The third-order valence-corrected chi connectivity index (χ3v) is 4.45. The number of amides is 1. The van der Waals surface area contributed by atoms with Gasteiger partial charge in [-0.15, -0.1) is 12.4 Å². The molecule has 118 valence electrons. The summed E-state index contributed by atoms with van der Waals surface area (Å²) in [5, 5.41) is 6.36. The molecule has 0 atom stereocenters. The van der Waals surface area contributed by atoms with E-state index >= 15 is 0 Å². The van der Waals surface area contributed by atoms with Crippen molar-refractivity contribution in [1.29, 1.82) is 0 Å². The van der Waals surface area contributed by atoms with Crippen molar-refractivity contribution in [2.45, 2.75) is 13.3 Å². The minimum Gasteiger partial charge on any atom is -0.352 e. The van der Waals surface area contributed by atoms with Crippen LogP contribution in [-0.2, 0) is 0 Å². The Balaban J connectivity index is 0.00000220. The van der Waals surface area contributed by atoms with Gasteiger partial charge in [-0.05, 0) is 54.6 Å². The third-order valence-electron chi connectivity index (χ3n) is 3.51. The largest absolute Gasteiger partial charge is 0.352 e. The number of nitrogens with zero attached hydrogens (tertiary/aromatic N) is 1. The summed E-state index contributed by atoms with van der Waals surface area (Å²) in [4.78, 5) is 14.6. The summed E-state index contributed by atoms with van der Waals surface area (Å²) in [6, 6.07) is 5.97. The van der Waals surface area contributed by atoms with E-state index in [9.17, 15) is 4.79 Å². The number of benzene rings is 1. The van der Waals surface area contributed by atoms with Crippen molar-refractivity contribution in [2.75, 3.05) is 39.3 Å². The number of nitrogens with one attached hydrogen (secondary N) is 2. The van der Waals surface area contributed by atoms with Crippen molar-refractivity contribution < 1.29 is 4.79 Å². The topological polar surface area (TPSA) is 44.4 Å². The van der Waals surface area contributed by atoms with E-state index in [1.165, 1.54) is 0 Å². The van der Waals surface area contributed by atoms with E-state index in [-0.39, 0.29) is 18.3 Å². The number of hydrogen-bond donors (Lipinski definition) is 2. The molecule has 1 aromatic carbocycles. The molecular formula is C15H23ClIN3O. The predicted molar refractivity (Wildman–Crippen MR) is 97.4 cm³/mol. The second kappa shape index (κ2) is 9.61. The number of hydrogen-bond acceptors (Lipinski definition) is 3. The van der Waals surface area contributed by atoms with Crippen LogP contribution in [0.4, 0.5) is 0 Å². The van der Waals surface area contributed by atoms with E-state index < -0.39 is 0 Å². The molecule has 0 unspecified atom stereocenters. The maximum absolute atomic E-state index is 12.1. The molecule has 0 aliphatic carbocycles. The minimum atomic E-state index is 0. The molecular weight excluding hydrogens is 401 g/mol.